The molecule has 32 heavy (non-hydrogen) atoms. The number of aromatic hydroxyl groups is 4. The molecule has 0 aliphatic rings. The van der Waals surface area contributed by atoms with Crippen LogP contribution in [0.5, 0.6) is 23.0 Å². The molecule has 4 N–H and O–H groups in total. The lowest BCUT2D eigenvalue weighted by atomic mass is 9.95. The lowest BCUT2D eigenvalue weighted by Gasteiger charge is -2.12. The molecule has 0 saturated heterocycles. The van der Waals surface area contributed by atoms with Gasteiger partial charge < -0.3 is 20.4 Å². The van der Waals surface area contributed by atoms with Crippen LogP contribution in [0.3, 0.4) is 0 Å². The van der Waals surface area contributed by atoms with Gasteiger partial charge in [0.2, 0.25) is 0 Å². The molecule has 0 fully saturated rings. The second-order valence-electron chi connectivity index (χ2n) is 8.04. The third kappa shape index (κ3) is 5.22. The largest absolute Gasteiger partial charge is 0.508 e. The molecule has 0 aliphatic heterocycles. The number of hydrogen-bond acceptors (Lipinski definition) is 4. The number of rotatable bonds is 7. The molecule has 0 spiro atoms. The van der Waals surface area contributed by atoms with Crippen molar-refractivity contribution in [3.8, 4) is 34.1 Å². The monoisotopic (exact) mass is 426 g/mol. The zero-order valence-electron chi connectivity index (χ0n) is 17.7. The standard InChI is InChI=1S/C28H26O4/c29-23-11-5-19(6-12-23)1-3-21-9-15-27(31)25(17-21)26-18-22(10-16-28(26)32)4-2-20-7-13-24(30)14-8-20/h5-18,29-32H,1-4H2. The predicted octanol–water partition coefficient (Wildman–Crippen LogP) is 5.75. The minimum atomic E-state index is 0.129. The number of phenolic OH excluding ortho intramolecular Hbond substituents is 4. The molecule has 4 rings (SSSR count). The van der Waals surface area contributed by atoms with Gasteiger partial charge in [0.05, 0.1) is 0 Å². The van der Waals surface area contributed by atoms with Gasteiger partial charge in [0, 0.05) is 11.1 Å². The number of hydrogen-bond donors (Lipinski definition) is 4. The molecule has 0 saturated carbocycles. The first-order valence-corrected chi connectivity index (χ1v) is 10.7. The van der Waals surface area contributed by atoms with Crippen LogP contribution in [0.4, 0.5) is 0 Å². The van der Waals surface area contributed by atoms with Gasteiger partial charge in [-0.25, -0.2) is 0 Å². The van der Waals surface area contributed by atoms with Gasteiger partial charge >= 0.3 is 0 Å². The minimum absolute atomic E-state index is 0.129. The molecule has 0 unspecified atom stereocenters. The van der Waals surface area contributed by atoms with Crippen molar-refractivity contribution < 1.29 is 20.4 Å². The van der Waals surface area contributed by atoms with Crippen LogP contribution in [0.25, 0.3) is 11.1 Å². The smallest absolute Gasteiger partial charge is 0.123 e. The van der Waals surface area contributed by atoms with E-state index in [1.54, 1.807) is 36.4 Å². The molecule has 4 nitrogen and oxygen atoms in total. The topological polar surface area (TPSA) is 80.9 Å². The van der Waals surface area contributed by atoms with E-state index in [-0.39, 0.29) is 23.0 Å². The van der Waals surface area contributed by atoms with Crippen molar-refractivity contribution in [1.82, 2.24) is 0 Å². The fourth-order valence-corrected chi connectivity index (χ4v) is 3.81. The highest BCUT2D eigenvalue weighted by molar-refractivity contribution is 5.76. The summed E-state index contributed by atoms with van der Waals surface area (Å²) in [6, 6.07) is 25.3. The molecule has 0 atom stereocenters. The molecule has 0 heterocycles. The van der Waals surface area contributed by atoms with Gasteiger partial charge in [0.25, 0.3) is 0 Å². The fourth-order valence-electron chi connectivity index (χ4n) is 3.81. The zero-order valence-corrected chi connectivity index (χ0v) is 17.7. The van der Waals surface area contributed by atoms with Crippen molar-refractivity contribution in [1.29, 1.82) is 0 Å². The lowest BCUT2D eigenvalue weighted by Crippen LogP contribution is -1.94. The summed E-state index contributed by atoms with van der Waals surface area (Å²) in [7, 11) is 0. The van der Waals surface area contributed by atoms with Gasteiger partial charge in [-0.1, -0.05) is 36.4 Å². The van der Waals surface area contributed by atoms with Crippen molar-refractivity contribution in [2.75, 3.05) is 0 Å². The van der Waals surface area contributed by atoms with Crippen LogP contribution in [0.1, 0.15) is 22.3 Å². The van der Waals surface area contributed by atoms with Gasteiger partial charge in [-0.2, -0.15) is 0 Å². The van der Waals surface area contributed by atoms with Gasteiger partial charge in [0.15, 0.2) is 0 Å². The maximum atomic E-state index is 10.5. The summed E-state index contributed by atoms with van der Waals surface area (Å²) >= 11 is 0. The van der Waals surface area contributed by atoms with Crippen LogP contribution < -0.4 is 0 Å². The summed E-state index contributed by atoms with van der Waals surface area (Å²) in [5.41, 5.74) is 5.57. The van der Waals surface area contributed by atoms with Crippen LogP contribution in [-0.2, 0) is 25.7 Å². The van der Waals surface area contributed by atoms with E-state index in [4.69, 9.17) is 0 Å². The van der Waals surface area contributed by atoms with Crippen LogP contribution in [0, 0.1) is 0 Å². The van der Waals surface area contributed by atoms with E-state index < -0.39 is 0 Å². The molecule has 4 aromatic rings. The Hall–Kier alpha value is -3.92. The first kappa shape index (κ1) is 21.3. The zero-order chi connectivity index (χ0) is 22.5. The summed E-state index contributed by atoms with van der Waals surface area (Å²) in [4.78, 5) is 0. The Labute approximate surface area is 187 Å². The first-order chi connectivity index (χ1) is 15.5. The Morgan fingerprint density at radius 2 is 0.688 bits per heavy atom. The molecular formula is C28H26O4. The highest BCUT2D eigenvalue weighted by atomic mass is 16.3. The molecule has 162 valence electrons. The number of phenols is 4. The molecule has 0 amide bonds. The molecule has 4 heteroatoms. The summed E-state index contributed by atoms with van der Waals surface area (Å²) in [6.07, 6.45) is 3.17. The number of benzene rings is 4. The maximum Gasteiger partial charge on any atom is 0.123 e. The van der Waals surface area contributed by atoms with E-state index >= 15 is 0 Å². The lowest BCUT2D eigenvalue weighted by molar-refractivity contribution is 0.469. The van der Waals surface area contributed by atoms with Gasteiger partial charge in [-0.3, -0.25) is 0 Å². The Morgan fingerprint density at radius 1 is 0.375 bits per heavy atom. The quantitative estimate of drug-likeness (QED) is 0.303. The molecule has 0 bridgehead atoms. The fraction of sp³-hybridized carbons (Fsp3) is 0.143. The van der Waals surface area contributed by atoms with Crippen molar-refractivity contribution in [3.63, 3.8) is 0 Å². The third-order valence-corrected chi connectivity index (χ3v) is 5.69. The molecule has 0 aromatic heterocycles. The van der Waals surface area contributed by atoms with E-state index in [1.165, 1.54) is 0 Å². The van der Waals surface area contributed by atoms with Gasteiger partial charge in [-0.05, 0) is 96.5 Å². The Morgan fingerprint density at radius 3 is 1.06 bits per heavy atom. The maximum absolute atomic E-state index is 10.5. The second-order valence-corrected chi connectivity index (χ2v) is 8.04. The first-order valence-electron chi connectivity index (χ1n) is 10.7. The summed E-state index contributed by atoms with van der Waals surface area (Å²) < 4.78 is 0. The van der Waals surface area contributed by atoms with Crippen molar-refractivity contribution in [2.45, 2.75) is 25.7 Å². The van der Waals surface area contributed by atoms with Crippen LogP contribution in [0.2, 0.25) is 0 Å². The Bertz CT molecular complexity index is 1100. The summed E-state index contributed by atoms with van der Waals surface area (Å²) in [5, 5.41) is 39.9. The number of aryl methyl sites for hydroxylation is 4. The molecule has 4 aromatic carbocycles. The average Bonchev–Trinajstić information content (AvgIpc) is 2.80. The molecule has 0 aliphatic carbocycles. The molecule has 0 radical (unpaired) electrons. The van der Waals surface area contributed by atoms with Gasteiger partial charge in [-0.15, -0.1) is 0 Å². The van der Waals surface area contributed by atoms with Crippen LogP contribution in [-0.4, -0.2) is 20.4 Å². The van der Waals surface area contributed by atoms with E-state index in [9.17, 15) is 20.4 Å². The Kier molecular flexibility index (Phi) is 6.31. The minimum Gasteiger partial charge on any atom is -0.508 e. The predicted molar refractivity (Wildman–Crippen MR) is 126 cm³/mol. The van der Waals surface area contributed by atoms with Crippen molar-refractivity contribution >= 4 is 0 Å². The van der Waals surface area contributed by atoms with E-state index in [2.05, 4.69) is 0 Å². The SMILES string of the molecule is Oc1ccc(CCc2ccc(O)c(-c3cc(CCc4ccc(O)cc4)ccc3O)c2)cc1. The van der Waals surface area contributed by atoms with Gasteiger partial charge in [0.1, 0.15) is 23.0 Å². The second kappa shape index (κ2) is 9.48. The van der Waals surface area contributed by atoms with Crippen LogP contribution >= 0.6 is 0 Å². The Balaban J connectivity index is 1.52. The average molecular weight is 427 g/mol. The van der Waals surface area contributed by atoms with E-state index in [1.807, 2.05) is 48.5 Å². The summed E-state index contributed by atoms with van der Waals surface area (Å²) in [5.74, 6) is 0.761. The van der Waals surface area contributed by atoms with Crippen molar-refractivity contribution in [2.24, 2.45) is 0 Å². The third-order valence-electron chi connectivity index (χ3n) is 5.69. The van der Waals surface area contributed by atoms with Crippen LogP contribution in [0.15, 0.2) is 84.9 Å². The molecular weight excluding hydrogens is 400 g/mol. The summed E-state index contributed by atoms with van der Waals surface area (Å²) in [6.45, 7) is 0. The van der Waals surface area contributed by atoms with E-state index in [0.29, 0.717) is 11.1 Å². The highest BCUT2D eigenvalue weighted by Gasteiger charge is 2.12. The van der Waals surface area contributed by atoms with E-state index in [0.717, 1.165) is 47.9 Å². The normalized spacial score (nSPS) is 10.9. The highest BCUT2D eigenvalue weighted by Crippen LogP contribution is 2.37. The van der Waals surface area contributed by atoms with Crippen molar-refractivity contribution in [3.05, 3.63) is 107 Å².